The zero-order valence-corrected chi connectivity index (χ0v) is 16.8. The van der Waals surface area contributed by atoms with Crippen molar-refractivity contribution in [2.24, 2.45) is 0 Å². The Bertz CT molecular complexity index is 1290. The standard InChI is InChI=1S/C22H16F3N3O4/c1-22(24,25)20-16(11-26-28(20)14-5-3-4-13(23)10-14)19-17(21(29)30)18(27-32-19)12-6-8-15(31-2)9-7-12/h3-11H,1-2H3,(H,29,30). The number of carbonyl (C=O) groups is 1. The topological polar surface area (TPSA) is 90.4 Å². The van der Waals surface area contributed by atoms with Crippen LogP contribution in [0, 0.1) is 5.82 Å². The first-order valence-corrected chi connectivity index (χ1v) is 9.30. The van der Waals surface area contributed by atoms with Gasteiger partial charge in [-0.25, -0.2) is 13.9 Å². The lowest BCUT2D eigenvalue weighted by Crippen LogP contribution is -2.16. The molecule has 0 amide bonds. The number of ether oxygens (including phenoxy) is 1. The Morgan fingerprint density at radius 3 is 2.50 bits per heavy atom. The van der Waals surface area contributed by atoms with Crippen LogP contribution in [0.1, 0.15) is 23.0 Å². The van der Waals surface area contributed by atoms with E-state index in [2.05, 4.69) is 10.3 Å². The molecule has 0 saturated heterocycles. The summed E-state index contributed by atoms with van der Waals surface area (Å²) < 4.78 is 54.1. The van der Waals surface area contributed by atoms with Gasteiger partial charge < -0.3 is 14.4 Å². The van der Waals surface area contributed by atoms with Crippen LogP contribution in [0.15, 0.2) is 59.3 Å². The highest BCUT2D eigenvalue weighted by atomic mass is 19.3. The van der Waals surface area contributed by atoms with Crippen molar-refractivity contribution in [2.45, 2.75) is 12.8 Å². The van der Waals surface area contributed by atoms with Crippen LogP contribution in [0.4, 0.5) is 13.2 Å². The molecular weight excluding hydrogens is 427 g/mol. The van der Waals surface area contributed by atoms with Gasteiger partial charge in [0.25, 0.3) is 5.92 Å². The number of aromatic carboxylic acids is 1. The summed E-state index contributed by atoms with van der Waals surface area (Å²) in [5.74, 6) is -5.38. The monoisotopic (exact) mass is 443 g/mol. The average Bonchev–Trinajstić information content (AvgIpc) is 3.38. The molecule has 4 rings (SSSR count). The van der Waals surface area contributed by atoms with Crippen molar-refractivity contribution >= 4 is 5.97 Å². The number of halogens is 3. The molecule has 0 radical (unpaired) electrons. The van der Waals surface area contributed by atoms with E-state index in [1.54, 1.807) is 24.3 Å². The third-order valence-corrected chi connectivity index (χ3v) is 4.75. The predicted octanol–water partition coefficient (Wildman–Crippen LogP) is 5.15. The van der Waals surface area contributed by atoms with E-state index < -0.39 is 29.0 Å². The fourth-order valence-electron chi connectivity index (χ4n) is 3.36. The number of alkyl halides is 2. The van der Waals surface area contributed by atoms with Crippen LogP contribution in [-0.4, -0.2) is 33.1 Å². The van der Waals surface area contributed by atoms with Crippen LogP contribution in [0.2, 0.25) is 0 Å². The van der Waals surface area contributed by atoms with Crippen LogP contribution >= 0.6 is 0 Å². The van der Waals surface area contributed by atoms with E-state index in [-0.39, 0.29) is 22.7 Å². The van der Waals surface area contributed by atoms with Crippen molar-refractivity contribution in [2.75, 3.05) is 7.11 Å². The molecule has 0 aliphatic carbocycles. The van der Waals surface area contributed by atoms with E-state index in [9.17, 15) is 23.1 Å². The summed E-state index contributed by atoms with van der Waals surface area (Å²) in [6.45, 7) is 0.629. The lowest BCUT2D eigenvalue weighted by atomic mass is 10.0. The first-order chi connectivity index (χ1) is 15.2. The third kappa shape index (κ3) is 3.70. The zero-order valence-electron chi connectivity index (χ0n) is 16.8. The minimum Gasteiger partial charge on any atom is -0.497 e. The number of carboxylic acids is 1. The third-order valence-electron chi connectivity index (χ3n) is 4.75. The molecule has 0 saturated carbocycles. The Balaban J connectivity index is 1.92. The fraction of sp³-hybridized carbons (Fsp3) is 0.136. The van der Waals surface area contributed by atoms with Gasteiger partial charge in [0.15, 0.2) is 5.76 Å². The molecule has 0 spiro atoms. The highest BCUT2D eigenvalue weighted by molar-refractivity contribution is 6.01. The van der Waals surface area contributed by atoms with E-state index in [1.807, 2.05) is 0 Å². The van der Waals surface area contributed by atoms with E-state index in [0.717, 1.165) is 23.0 Å². The van der Waals surface area contributed by atoms with Crippen LogP contribution in [-0.2, 0) is 5.92 Å². The van der Waals surface area contributed by atoms with E-state index in [4.69, 9.17) is 9.26 Å². The number of rotatable bonds is 6. The molecule has 10 heteroatoms. The van der Waals surface area contributed by atoms with Crippen molar-refractivity contribution in [3.63, 3.8) is 0 Å². The minimum absolute atomic E-state index is 0.0412. The second kappa shape index (κ2) is 7.88. The Hall–Kier alpha value is -4.08. The van der Waals surface area contributed by atoms with Gasteiger partial charge >= 0.3 is 5.97 Å². The Kier molecular flexibility index (Phi) is 5.21. The van der Waals surface area contributed by atoms with Crippen molar-refractivity contribution in [1.29, 1.82) is 0 Å². The maximum Gasteiger partial charge on any atom is 0.342 e. The largest absolute Gasteiger partial charge is 0.497 e. The molecule has 0 atom stereocenters. The van der Waals surface area contributed by atoms with E-state index >= 15 is 0 Å². The van der Waals surface area contributed by atoms with Gasteiger partial charge in [-0.1, -0.05) is 11.2 Å². The second-order valence-corrected chi connectivity index (χ2v) is 6.96. The molecule has 0 aliphatic rings. The summed E-state index contributed by atoms with van der Waals surface area (Å²) in [4.78, 5) is 12.1. The highest BCUT2D eigenvalue weighted by Gasteiger charge is 2.37. The first kappa shape index (κ1) is 21.2. The van der Waals surface area contributed by atoms with Gasteiger partial charge in [-0.3, -0.25) is 0 Å². The summed E-state index contributed by atoms with van der Waals surface area (Å²) in [5.41, 5.74) is -0.951. The summed E-state index contributed by atoms with van der Waals surface area (Å²) in [6, 6.07) is 11.3. The lowest BCUT2D eigenvalue weighted by Gasteiger charge is -2.15. The number of hydrogen-bond donors (Lipinski definition) is 1. The molecule has 1 N–H and O–H groups in total. The molecule has 2 aromatic heterocycles. The molecule has 2 aromatic carbocycles. The van der Waals surface area contributed by atoms with Crippen molar-refractivity contribution < 1.29 is 32.3 Å². The smallest absolute Gasteiger partial charge is 0.342 e. The van der Waals surface area contributed by atoms with Gasteiger partial charge in [0.05, 0.1) is 24.6 Å². The van der Waals surface area contributed by atoms with Gasteiger partial charge in [-0.05, 0) is 42.5 Å². The van der Waals surface area contributed by atoms with E-state index in [0.29, 0.717) is 18.2 Å². The molecule has 0 fully saturated rings. The molecular formula is C22H16F3N3O4. The van der Waals surface area contributed by atoms with Crippen molar-refractivity contribution in [1.82, 2.24) is 14.9 Å². The van der Waals surface area contributed by atoms with Crippen molar-refractivity contribution in [3.05, 3.63) is 71.8 Å². The van der Waals surface area contributed by atoms with Crippen molar-refractivity contribution in [3.8, 4) is 34.0 Å². The first-order valence-electron chi connectivity index (χ1n) is 9.30. The molecule has 32 heavy (non-hydrogen) atoms. The van der Waals surface area contributed by atoms with Crippen LogP contribution in [0.25, 0.3) is 28.3 Å². The van der Waals surface area contributed by atoms with Crippen LogP contribution in [0.5, 0.6) is 5.75 Å². The summed E-state index contributed by atoms with van der Waals surface area (Å²) in [7, 11) is 1.48. The van der Waals surface area contributed by atoms with Crippen LogP contribution in [0.3, 0.4) is 0 Å². The Morgan fingerprint density at radius 2 is 1.91 bits per heavy atom. The lowest BCUT2D eigenvalue weighted by molar-refractivity contribution is 0.0107. The number of nitrogens with zero attached hydrogens (tertiary/aromatic N) is 3. The summed E-state index contributed by atoms with van der Waals surface area (Å²) in [6.07, 6.45) is 1.04. The minimum atomic E-state index is -3.47. The van der Waals surface area contributed by atoms with Gasteiger partial charge in [0.1, 0.15) is 28.5 Å². The second-order valence-electron chi connectivity index (χ2n) is 6.96. The van der Waals surface area contributed by atoms with E-state index in [1.165, 1.54) is 19.2 Å². The molecule has 0 unspecified atom stereocenters. The normalized spacial score (nSPS) is 11.5. The average molecular weight is 443 g/mol. The van der Waals surface area contributed by atoms with Crippen LogP contribution < -0.4 is 4.74 Å². The molecule has 0 bridgehead atoms. The number of hydrogen-bond acceptors (Lipinski definition) is 5. The Labute approximate surface area is 179 Å². The number of carboxylic acid groups (broad SMARTS) is 1. The molecule has 2 heterocycles. The fourth-order valence-corrected chi connectivity index (χ4v) is 3.36. The maximum atomic E-state index is 14.6. The van der Waals surface area contributed by atoms with Gasteiger partial charge in [0.2, 0.25) is 0 Å². The SMILES string of the molecule is COc1ccc(-c2noc(-c3cnn(-c4cccc(F)c4)c3C(C)(F)F)c2C(=O)O)cc1. The molecule has 7 nitrogen and oxygen atoms in total. The molecule has 0 aliphatic heterocycles. The number of benzene rings is 2. The van der Waals surface area contributed by atoms with Gasteiger partial charge in [-0.2, -0.15) is 13.9 Å². The molecule has 4 aromatic rings. The highest BCUT2D eigenvalue weighted by Crippen LogP contribution is 2.40. The predicted molar refractivity (Wildman–Crippen MR) is 108 cm³/mol. The number of aromatic nitrogens is 3. The zero-order chi connectivity index (χ0) is 23.0. The Morgan fingerprint density at radius 1 is 1.19 bits per heavy atom. The number of methoxy groups -OCH3 is 1. The summed E-state index contributed by atoms with van der Waals surface area (Å²) >= 11 is 0. The summed E-state index contributed by atoms with van der Waals surface area (Å²) in [5, 5.41) is 17.6. The van der Waals surface area contributed by atoms with Gasteiger partial charge in [0, 0.05) is 12.5 Å². The maximum absolute atomic E-state index is 14.6. The van der Waals surface area contributed by atoms with Gasteiger partial charge in [-0.15, -0.1) is 0 Å². The molecule has 164 valence electrons. The quantitative estimate of drug-likeness (QED) is 0.443.